The monoisotopic (exact) mass is 475 g/mol. The van der Waals surface area contributed by atoms with Crippen molar-refractivity contribution in [1.29, 1.82) is 0 Å². The van der Waals surface area contributed by atoms with Crippen molar-refractivity contribution in [1.82, 2.24) is 9.80 Å². The first-order valence-electron chi connectivity index (χ1n) is 12.4. The minimum atomic E-state index is -0.449. The Balaban J connectivity index is 1.35. The summed E-state index contributed by atoms with van der Waals surface area (Å²) in [6.45, 7) is 12.2. The average Bonchev–Trinajstić information content (AvgIpc) is 3.16. The van der Waals surface area contributed by atoms with Crippen LogP contribution in [0.25, 0.3) is 0 Å². The van der Waals surface area contributed by atoms with Gasteiger partial charge < -0.3 is 19.3 Å². The van der Waals surface area contributed by atoms with Gasteiger partial charge in [-0.3, -0.25) is 4.90 Å². The first-order valence-corrected chi connectivity index (χ1v) is 12.7. The number of amides is 1. The Labute approximate surface area is 203 Å². The minimum absolute atomic E-state index is 0.184. The Kier molecular flexibility index (Phi) is 7.25. The molecule has 6 nitrogen and oxygen atoms in total. The summed E-state index contributed by atoms with van der Waals surface area (Å²) in [5.74, 6) is 0.189. The molecule has 0 bridgehead atoms. The number of halogens is 1. The Hall–Kier alpha value is -1.79. The number of hydrogen-bond donors (Lipinski definition) is 0. The van der Waals surface area contributed by atoms with E-state index >= 15 is 0 Å². The van der Waals surface area contributed by atoms with Gasteiger partial charge in [-0.15, -0.1) is 0 Å². The highest BCUT2D eigenvalue weighted by Crippen LogP contribution is 2.41. The van der Waals surface area contributed by atoms with E-state index in [4.69, 9.17) is 16.3 Å². The maximum atomic E-state index is 12.4. The molecule has 33 heavy (non-hydrogen) atoms. The van der Waals surface area contributed by atoms with Gasteiger partial charge >= 0.3 is 6.09 Å². The third-order valence-electron chi connectivity index (χ3n) is 7.51. The van der Waals surface area contributed by atoms with Crippen molar-refractivity contribution in [3.05, 3.63) is 28.8 Å². The molecule has 0 aliphatic carbocycles. The Morgan fingerprint density at radius 1 is 1.12 bits per heavy atom. The van der Waals surface area contributed by atoms with Crippen molar-refractivity contribution in [3.8, 4) is 0 Å². The van der Waals surface area contributed by atoms with Crippen LogP contribution in [-0.4, -0.2) is 67.0 Å². The number of hydrogen-bond acceptors (Lipinski definition) is 5. The van der Waals surface area contributed by atoms with Crippen LogP contribution in [0, 0.1) is 11.3 Å². The van der Waals surface area contributed by atoms with Gasteiger partial charge in [0.15, 0.2) is 0 Å². The fourth-order valence-electron chi connectivity index (χ4n) is 5.54. The van der Waals surface area contributed by atoms with Crippen LogP contribution in [0.3, 0.4) is 0 Å². The summed E-state index contributed by atoms with van der Waals surface area (Å²) in [5.41, 5.74) is 2.38. The van der Waals surface area contributed by atoms with E-state index < -0.39 is 5.60 Å². The van der Waals surface area contributed by atoms with Gasteiger partial charge in [0.2, 0.25) is 0 Å². The van der Waals surface area contributed by atoms with Crippen LogP contribution in [0.1, 0.15) is 58.4 Å². The fourth-order valence-corrected chi connectivity index (χ4v) is 5.71. The SMILES string of the molecule is CC(C)(C)OC(=O)N1CCC2(CCN(Cc3ccc(Cl)cc3N3CCC(C=O)CC3)C2)CC1. The highest BCUT2D eigenvalue weighted by Gasteiger charge is 2.42. The number of benzene rings is 1. The Bertz CT molecular complexity index is 853. The van der Waals surface area contributed by atoms with Gasteiger partial charge in [0.25, 0.3) is 0 Å². The predicted molar refractivity (Wildman–Crippen MR) is 132 cm³/mol. The number of aldehydes is 1. The maximum Gasteiger partial charge on any atom is 0.410 e. The molecule has 0 radical (unpaired) electrons. The van der Waals surface area contributed by atoms with Crippen LogP contribution in [0.4, 0.5) is 10.5 Å². The molecule has 1 aromatic carbocycles. The lowest BCUT2D eigenvalue weighted by Gasteiger charge is -2.39. The summed E-state index contributed by atoms with van der Waals surface area (Å²) < 4.78 is 5.56. The van der Waals surface area contributed by atoms with Gasteiger partial charge in [0, 0.05) is 55.9 Å². The van der Waals surface area contributed by atoms with E-state index in [0.29, 0.717) is 5.41 Å². The van der Waals surface area contributed by atoms with Crippen molar-refractivity contribution in [2.45, 2.75) is 65.0 Å². The molecule has 3 aliphatic rings. The summed E-state index contributed by atoms with van der Waals surface area (Å²) in [7, 11) is 0. The van der Waals surface area contributed by atoms with Gasteiger partial charge in [0.1, 0.15) is 11.9 Å². The van der Waals surface area contributed by atoms with Crippen molar-refractivity contribution in [2.24, 2.45) is 11.3 Å². The number of rotatable bonds is 4. The minimum Gasteiger partial charge on any atom is -0.444 e. The molecule has 1 spiro atoms. The van der Waals surface area contributed by atoms with E-state index in [1.807, 2.05) is 31.7 Å². The van der Waals surface area contributed by atoms with Gasteiger partial charge in [-0.1, -0.05) is 17.7 Å². The van der Waals surface area contributed by atoms with Crippen LogP contribution in [0.2, 0.25) is 5.02 Å². The molecular formula is C26H38ClN3O3. The summed E-state index contributed by atoms with van der Waals surface area (Å²) in [6.07, 6.45) is 6.01. The highest BCUT2D eigenvalue weighted by atomic mass is 35.5. The number of nitrogens with zero attached hydrogens (tertiary/aromatic N) is 3. The summed E-state index contributed by atoms with van der Waals surface area (Å²) >= 11 is 6.37. The molecule has 3 saturated heterocycles. The molecule has 0 N–H and O–H groups in total. The van der Waals surface area contributed by atoms with Gasteiger partial charge in [0.05, 0.1) is 0 Å². The van der Waals surface area contributed by atoms with Crippen molar-refractivity contribution < 1.29 is 14.3 Å². The van der Waals surface area contributed by atoms with E-state index in [1.165, 1.54) is 17.7 Å². The van der Waals surface area contributed by atoms with Crippen LogP contribution >= 0.6 is 11.6 Å². The molecule has 0 atom stereocenters. The van der Waals surface area contributed by atoms with Crippen molar-refractivity contribution >= 4 is 29.7 Å². The lowest BCUT2D eigenvalue weighted by molar-refractivity contribution is -0.111. The number of carbonyl (C=O) groups excluding carboxylic acids is 2. The van der Waals surface area contributed by atoms with Crippen molar-refractivity contribution in [3.63, 3.8) is 0 Å². The molecule has 182 valence electrons. The van der Waals surface area contributed by atoms with Crippen LogP contribution in [0.15, 0.2) is 18.2 Å². The maximum absolute atomic E-state index is 12.4. The molecule has 1 aromatic rings. The zero-order valence-corrected chi connectivity index (χ0v) is 21.1. The largest absolute Gasteiger partial charge is 0.444 e. The lowest BCUT2D eigenvalue weighted by atomic mass is 9.78. The zero-order valence-electron chi connectivity index (χ0n) is 20.3. The molecule has 0 saturated carbocycles. The smallest absolute Gasteiger partial charge is 0.410 e. The number of ether oxygens (including phenoxy) is 1. The lowest BCUT2D eigenvalue weighted by Crippen LogP contribution is -2.46. The van der Waals surface area contributed by atoms with Gasteiger partial charge in [-0.25, -0.2) is 4.79 Å². The Morgan fingerprint density at radius 2 is 1.79 bits per heavy atom. The van der Waals surface area contributed by atoms with E-state index in [-0.39, 0.29) is 12.0 Å². The van der Waals surface area contributed by atoms with Gasteiger partial charge in [-0.2, -0.15) is 0 Å². The molecule has 1 amide bonds. The number of piperidine rings is 2. The number of carbonyl (C=O) groups is 2. The molecular weight excluding hydrogens is 438 g/mol. The highest BCUT2D eigenvalue weighted by molar-refractivity contribution is 6.30. The third-order valence-corrected chi connectivity index (χ3v) is 7.74. The summed E-state index contributed by atoms with van der Waals surface area (Å²) in [5, 5.41) is 0.763. The quantitative estimate of drug-likeness (QED) is 0.575. The van der Waals surface area contributed by atoms with E-state index in [9.17, 15) is 9.59 Å². The second-order valence-corrected chi connectivity index (χ2v) is 11.6. The topological polar surface area (TPSA) is 53.1 Å². The summed E-state index contributed by atoms with van der Waals surface area (Å²) in [4.78, 5) is 30.4. The van der Waals surface area contributed by atoms with E-state index in [1.54, 1.807) is 0 Å². The second kappa shape index (κ2) is 9.83. The molecule has 7 heteroatoms. The van der Waals surface area contributed by atoms with E-state index in [2.05, 4.69) is 21.9 Å². The predicted octanol–water partition coefficient (Wildman–Crippen LogP) is 4.98. The van der Waals surface area contributed by atoms with Crippen LogP contribution in [-0.2, 0) is 16.1 Å². The first kappa shape index (κ1) is 24.3. The molecule has 0 aromatic heterocycles. The second-order valence-electron chi connectivity index (χ2n) is 11.2. The van der Waals surface area contributed by atoms with Crippen LogP contribution < -0.4 is 4.90 Å². The standard InChI is InChI=1S/C26H38ClN3O3/c1-25(2,3)33-24(32)30-14-9-26(10-15-30)8-13-28(19-26)17-21-4-5-22(27)16-23(21)29-11-6-20(18-31)7-12-29/h4-5,16,18,20H,6-15,17,19H2,1-3H3. The molecule has 4 rings (SSSR count). The van der Waals surface area contributed by atoms with E-state index in [0.717, 1.165) is 82.8 Å². The van der Waals surface area contributed by atoms with Crippen molar-refractivity contribution in [2.75, 3.05) is 44.2 Å². The number of anilines is 1. The summed E-state index contributed by atoms with van der Waals surface area (Å²) in [6, 6.07) is 6.24. The molecule has 3 fully saturated rings. The molecule has 3 aliphatic heterocycles. The fraction of sp³-hybridized carbons (Fsp3) is 0.692. The zero-order chi connectivity index (χ0) is 23.6. The Morgan fingerprint density at radius 3 is 2.42 bits per heavy atom. The first-order chi connectivity index (χ1) is 15.7. The molecule has 0 unspecified atom stereocenters. The number of likely N-dealkylation sites (tertiary alicyclic amines) is 2. The normalized spacial score (nSPS) is 22.1. The third kappa shape index (κ3) is 6.02. The molecule has 3 heterocycles. The average molecular weight is 476 g/mol. The van der Waals surface area contributed by atoms with Gasteiger partial charge in [-0.05, 0) is 82.5 Å². The van der Waals surface area contributed by atoms with Crippen LogP contribution in [0.5, 0.6) is 0 Å².